The van der Waals surface area contributed by atoms with Crippen molar-refractivity contribution in [3.63, 3.8) is 0 Å². The molecule has 0 unspecified atom stereocenters. The Morgan fingerprint density at radius 1 is 1.35 bits per heavy atom. The van der Waals surface area contributed by atoms with Crippen LogP contribution in [-0.4, -0.2) is 36.1 Å². The van der Waals surface area contributed by atoms with Crippen LogP contribution in [0.2, 0.25) is 0 Å². The van der Waals surface area contributed by atoms with Crippen LogP contribution >= 0.6 is 12.2 Å². The van der Waals surface area contributed by atoms with Crippen LogP contribution in [-0.2, 0) is 0 Å². The molecule has 1 saturated heterocycles. The molecule has 0 aliphatic carbocycles. The average molecular weight is 292 g/mol. The number of ether oxygens (including phenoxy) is 1. The molecular weight excluding hydrogens is 268 g/mol. The molecule has 1 heterocycles. The minimum Gasteiger partial charge on any atom is -0.494 e. The van der Waals surface area contributed by atoms with E-state index in [0.717, 1.165) is 30.9 Å². The summed E-state index contributed by atoms with van der Waals surface area (Å²) in [6, 6.07) is 7.65. The van der Waals surface area contributed by atoms with Crippen LogP contribution in [0.5, 0.6) is 5.75 Å². The van der Waals surface area contributed by atoms with Crippen molar-refractivity contribution in [2.45, 2.75) is 26.7 Å². The van der Waals surface area contributed by atoms with Gasteiger partial charge in [0.05, 0.1) is 6.61 Å². The van der Waals surface area contributed by atoms with Gasteiger partial charge in [0.1, 0.15) is 10.7 Å². The van der Waals surface area contributed by atoms with Crippen molar-refractivity contribution < 1.29 is 4.74 Å². The van der Waals surface area contributed by atoms with Gasteiger partial charge in [-0.25, -0.2) is 0 Å². The summed E-state index contributed by atoms with van der Waals surface area (Å²) in [6.07, 6.45) is 2.36. The Bertz CT molecular complexity index is 456. The molecule has 0 atom stereocenters. The summed E-state index contributed by atoms with van der Waals surface area (Å²) in [4.78, 5) is 2.95. The van der Waals surface area contributed by atoms with Gasteiger partial charge >= 0.3 is 0 Å². The van der Waals surface area contributed by atoms with Crippen LogP contribution in [0.4, 0.5) is 0 Å². The average Bonchev–Trinajstić information content (AvgIpc) is 2.75. The van der Waals surface area contributed by atoms with Gasteiger partial charge in [0.2, 0.25) is 0 Å². The van der Waals surface area contributed by atoms with Gasteiger partial charge in [-0.1, -0.05) is 26.1 Å². The van der Waals surface area contributed by atoms with E-state index in [9.17, 15) is 0 Å². The van der Waals surface area contributed by atoms with Crippen molar-refractivity contribution in [3.8, 4) is 5.75 Å². The summed E-state index contributed by atoms with van der Waals surface area (Å²) in [7, 11) is 0. The molecule has 0 saturated carbocycles. The van der Waals surface area contributed by atoms with Gasteiger partial charge in [-0.15, -0.1) is 0 Å². The maximum atomic E-state index is 5.74. The Morgan fingerprint density at radius 2 is 2.05 bits per heavy atom. The minimum absolute atomic E-state index is 0.424. The normalized spacial score (nSPS) is 18.1. The van der Waals surface area contributed by atoms with Crippen molar-refractivity contribution >= 4 is 17.2 Å². The standard InChI is InChI=1S/C16H24N2OS/c1-16(2)8-10-18(12-16)9-3-11-19-14-6-4-13(5-7-14)15(17)20/h4-7H,3,8-12H2,1-2H3,(H2,17,20). The molecular formula is C16H24N2OS. The molecule has 1 aliphatic rings. The van der Waals surface area contributed by atoms with Crippen LogP contribution in [0.1, 0.15) is 32.3 Å². The summed E-state index contributed by atoms with van der Waals surface area (Å²) in [5, 5.41) is 0. The fourth-order valence-electron chi connectivity index (χ4n) is 2.61. The summed E-state index contributed by atoms with van der Waals surface area (Å²) < 4.78 is 5.74. The highest BCUT2D eigenvalue weighted by Crippen LogP contribution is 2.28. The zero-order valence-electron chi connectivity index (χ0n) is 12.4. The lowest BCUT2D eigenvalue weighted by molar-refractivity contribution is 0.247. The maximum absolute atomic E-state index is 5.74. The van der Waals surface area contributed by atoms with E-state index in [1.807, 2.05) is 24.3 Å². The SMILES string of the molecule is CC1(C)CCN(CCCOc2ccc(C(N)=S)cc2)C1. The van der Waals surface area contributed by atoms with Crippen molar-refractivity contribution in [1.82, 2.24) is 4.90 Å². The number of nitrogens with zero attached hydrogens (tertiary/aromatic N) is 1. The second-order valence-electron chi connectivity index (χ2n) is 6.28. The van der Waals surface area contributed by atoms with Crippen LogP contribution in [0.3, 0.4) is 0 Å². The van der Waals surface area contributed by atoms with Crippen LogP contribution in [0, 0.1) is 5.41 Å². The third kappa shape index (κ3) is 4.46. The number of thiocarbonyl (C=S) groups is 1. The summed E-state index contributed by atoms with van der Waals surface area (Å²) in [5.74, 6) is 0.881. The molecule has 2 N–H and O–H groups in total. The van der Waals surface area contributed by atoms with Gasteiger partial charge in [-0.05, 0) is 49.1 Å². The summed E-state index contributed by atoms with van der Waals surface area (Å²) in [5.41, 5.74) is 6.93. The predicted molar refractivity (Wildman–Crippen MR) is 87.3 cm³/mol. The number of nitrogens with two attached hydrogens (primary N) is 1. The number of benzene rings is 1. The van der Waals surface area contributed by atoms with Crippen molar-refractivity contribution in [2.24, 2.45) is 11.1 Å². The van der Waals surface area contributed by atoms with E-state index >= 15 is 0 Å². The monoisotopic (exact) mass is 292 g/mol. The molecule has 1 aromatic rings. The summed E-state index contributed by atoms with van der Waals surface area (Å²) >= 11 is 4.92. The third-order valence-corrected chi connectivity index (χ3v) is 4.02. The van der Waals surface area contributed by atoms with Crippen LogP contribution in [0.25, 0.3) is 0 Å². The first-order valence-electron chi connectivity index (χ1n) is 7.21. The van der Waals surface area contributed by atoms with Gasteiger partial charge in [0.15, 0.2) is 0 Å². The van der Waals surface area contributed by atoms with Gasteiger partial charge < -0.3 is 15.4 Å². The lowest BCUT2D eigenvalue weighted by Gasteiger charge is -2.19. The van der Waals surface area contributed by atoms with E-state index in [0.29, 0.717) is 10.4 Å². The molecule has 0 radical (unpaired) electrons. The topological polar surface area (TPSA) is 38.5 Å². The first-order valence-corrected chi connectivity index (χ1v) is 7.62. The lowest BCUT2D eigenvalue weighted by atomic mass is 9.93. The Labute approximate surface area is 127 Å². The highest BCUT2D eigenvalue weighted by atomic mass is 32.1. The number of likely N-dealkylation sites (tertiary alicyclic amines) is 1. The van der Waals surface area contributed by atoms with Crippen molar-refractivity contribution in [2.75, 3.05) is 26.2 Å². The lowest BCUT2D eigenvalue weighted by Crippen LogP contribution is -2.25. The fourth-order valence-corrected chi connectivity index (χ4v) is 2.74. The number of hydrogen-bond donors (Lipinski definition) is 1. The maximum Gasteiger partial charge on any atom is 0.119 e. The summed E-state index contributed by atoms with van der Waals surface area (Å²) in [6.45, 7) is 8.98. The molecule has 4 heteroatoms. The van der Waals surface area contributed by atoms with Crippen molar-refractivity contribution in [1.29, 1.82) is 0 Å². The minimum atomic E-state index is 0.424. The quantitative estimate of drug-likeness (QED) is 0.646. The van der Waals surface area contributed by atoms with E-state index in [1.165, 1.54) is 19.5 Å². The molecule has 20 heavy (non-hydrogen) atoms. The second kappa shape index (κ2) is 6.55. The zero-order valence-corrected chi connectivity index (χ0v) is 13.2. The molecule has 0 amide bonds. The molecule has 110 valence electrons. The van der Waals surface area contributed by atoms with E-state index in [1.54, 1.807) is 0 Å². The number of rotatable bonds is 6. The van der Waals surface area contributed by atoms with Gasteiger partial charge in [-0.2, -0.15) is 0 Å². The molecule has 1 fully saturated rings. The molecule has 1 aliphatic heterocycles. The Morgan fingerprint density at radius 3 is 2.60 bits per heavy atom. The first-order chi connectivity index (χ1) is 9.46. The van der Waals surface area contributed by atoms with Gasteiger partial charge in [0.25, 0.3) is 0 Å². The van der Waals surface area contributed by atoms with E-state index in [2.05, 4.69) is 18.7 Å². The fraction of sp³-hybridized carbons (Fsp3) is 0.562. The van der Waals surface area contributed by atoms with Crippen molar-refractivity contribution in [3.05, 3.63) is 29.8 Å². The van der Waals surface area contributed by atoms with E-state index < -0.39 is 0 Å². The Balaban J connectivity index is 1.67. The third-order valence-electron chi connectivity index (χ3n) is 3.78. The molecule has 0 bridgehead atoms. The Kier molecular flexibility index (Phi) is 5.00. The highest BCUT2D eigenvalue weighted by molar-refractivity contribution is 7.80. The molecule has 0 aromatic heterocycles. The first kappa shape index (κ1) is 15.3. The molecule has 3 nitrogen and oxygen atoms in total. The van der Waals surface area contributed by atoms with Crippen LogP contribution in [0.15, 0.2) is 24.3 Å². The van der Waals surface area contributed by atoms with E-state index in [4.69, 9.17) is 22.7 Å². The van der Waals surface area contributed by atoms with Gasteiger partial charge in [0, 0.05) is 18.7 Å². The smallest absolute Gasteiger partial charge is 0.119 e. The largest absolute Gasteiger partial charge is 0.494 e. The molecule has 0 spiro atoms. The van der Waals surface area contributed by atoms with Gasteiger partial charge in [-0.3, -0.25) is 0 Å². The highest BCUT2D eigenvalue weighted by Gasteiger charge is 2.28. The second-order valence-corrected chi connectivity index (χ2v) is 6.72. The van der Waals surface area contributed by atoms with E-state index in [-0.39, 0.29) is 0 Å². The molecule has 2 rings (SSSR count). The number of hydrogen-bond acceptors (Lipinski definition) is 3. The zero-order chi connectivity index (χ0) is 14.6. The molecule has 1 aromatic carbocycles. The van der Waals surface area contributed by atoms with Crippen LogP contribution < -0.4 is 10.5 Å². The Hall–Kier alpha value is -1.13. The predicted octanol–water partition coefficient (Wildman–Crippen LogP) is 2.82.